The molecule has 1 atom stereocenters. The maximum atomic E-state index is 12.7. The Kier molecular flexibility index (Phi) is 5.89. The van der Waals surface area contributed by atoms with Crippen LogP contribution in [0, 0.1) is 5.41 Å². The SMILES string of the molecule is C[C@@H]1COCCN1c1cc(-c2ccc(N3C(=O)C(=O)c4cccnc43)cc2)c(C=N)c(Nc2ccn[nH]2)n1. The molecule has 4 aromatic rings. The summed E-state index contributed by atoms with van der Waals surface area (Å²) in [7, 11) is 0. The summed E-state index contributed by atoms with van der Waals surface area (Å²) in [6, 6.07) is 14.4. The predicted octanol–water partition coefficient (Wildman–Crippen LogP) is 3.69. The first-order valence-electron chi connectivity index (χ1n) is 12.2. The Morgan fingerprint density at radius 1 is 1.13 bits per heavy atom. The average Bonchev–Trinajstić information content (AvgIpc) is 3.55. The Balaban J connectivity index is 1.43. The standard InChI is InChI=1S/C27H24N8O3/c1-16-15-38-12-11-34(16)23-13-20(21(14-28)25(32-23)31-22-8-10-30-33-22)17-4-6-18(7-5-17)35-26-19(3-2-9-29-26)24(36)27(35)37/h2-10,13-14,16,28H,11-12,15H2,1H3,(H2,30,31,32,33)/t16-/m1/s1. The van der Waals surface area contributed by atoms with Gasteiger partial charge in [-0.1, -0.05) is 12.1 Å². The number of H-pyrrole nitrogens is 1. The van der Waals surface area contributed by atoms with Crippen LogP contribution in [0.5, 0.6) is 0 Å². The molecule has 11 heteroatoms. The zero-order valence-corrected chi connectivity index (χ0v) is 20.5. The fourth-order valence-corrected chi connectivity index (χ4v) is 4.78. The maximum absolute atomic E-state index is 12.7. The van der Waals surface area contributed by atoms with E-state index >= 15 is 0 Å². The highest BCUT2D eigenvalue weighted by Crippen LogP contribution is 2.37. The van der Waals surface area contributed by atoms with Crippen LogP contribution in [-0.2, 0) is 9.53 Å². The average molecular weight is 509 g/mol. The summed E-state index contributed by atoms with van der Waals surface area (Å²) >= 11 is 0. The number of hydrogen-bond acceptors (Lipinski definition) is 9. The molecule has 11 nitrogen and oxygen atoms in total. The molecule has 3 aromatic heterocycles. The number of Topliss-reactive ketones (excluding diaryl/α,β-unsaturated/α-hetero) is 1. The minimum Gasteiger partial charge on any atom is -0.377 e. The van der Waals surface area contributed by atoms with Gasteiger partial charge in [0.05, 0.1) is 36.7 Å². The molecule has 0 unspecified atom stereocenters. The third-order valence-corrected chi connectivity index (χ3v) is 6.68. The quantitative estimate of drug-likeness (QED) is 0.265. The van der Waals surface area contributed by atoms with Gasteiger partial charge in [0.2, 0.25) is 0 Å². The molecule has 1 saturated heterocycles. The maximum Gasteiger partial charge on any atom is 0.305 e. The molecule has 0 aliphatic carbocycles. The van der Waals surface area contributed by atoms with Gasteiger partial charge in [-0.15, -0.1) is 0 Å². The van der Waals surface area contributed by atoms with E-state index in [1.807, 2.05) is 18.2 Å². The minimum absolute atomic E-state index is 0.128. The molecule has 3 N–H and O–H groups in total. The number of nitrogens with one attached hydrogen (secondary N) is 3. The first kappa shape index (κ1) is 23.5. The molecule has 5 heterocycles. The zero-order chi connectivity index (χ0) is 26.2. The number of benzene rings is 1. The monoisotopic (exact) mass is 508 g/mol. The zero-order valence-electron chi connectivity index (χ0n) is 20.5. The first-order valence-corrected chi connectivity index (χ1v) is 12.2. The number of pyridine rings is 2. The summed E-state index contributed by atoms with van der Waals surface area (Å²) in [5.41, 5.74) is 3.04. The molecule has 0 saturated carbocycles. The number of aromatic amines is 1. The summed E-state index contributed by atoms with van der Waals surface area (Å²) < 4.78 is 5.62. The van der Waals surface area contributed by atoms with Crippen molar-refractivity contribution in [3.05, 3.63) is 72.1 Å². The van der Waals surface area contributed by atoms with Crippen LogP contribution in [0.1, 0.15) is 22.8 Å². The van der Waals surface area contributed by atoms with Crippen molar-refractivity contribution in [3.63, 3.8) is 0 Å². The highest BCUT2D eigenvalue weighted by Gasteiger charge is 2.37. The van der Waals surface area contributed by atoms with E-state index in [9.17, 15) is 9.59 Å². The Morgan fingerprint density at radius 3 is 2.71 bits per heavy atom. The molecule has 38 heavy (non-hydrogen) atoms. The number of rotatable bonds is 6. The number of nitrogens with zero attached hydrogens (tertiary/aromatic N) is 5. The van der Waals surface area contributed by atoms with Gasteiger partial charge in [-0.2, -0.15) is 5.10 Å². The molecule has 6 rings (SSSR count). The van der Waals surface area contributed by atoms with E-state index in [1.165, 1.54) is 11.1 Å². The molecule has 1 amide bonds. The lowest BCUT2D eigenvalue weighted by Gasteiger charge is -2.35. The summed E-state index contributed by atoms with van der Waals surface area (Å²) in [6.07, 6.45) is 4.46. The third kappa shape index (κ3) is 3.98. The van der Waals surface area contributed by atoms with Crippen molar-refractivity contribution >= 4 is 46.9 Å². The van der Waals surface area contributed by atoms with Crippen LogP contribution in [-0.4, -0.2) is 63.9 Å². The molecular weight excluding hydrogens is 484 g/mol. The van der Waals surface area contributed by atoms with Crippen molar-refractivity contribution in [2.24, 2.45) is 0 Å². The molecule has 1 aromatic carbocycles. The van der Waals surface area contributed by atoms with Crippen molar-refractivity contribution in [2.45, 2.75) is 13.0 Å². The fourth-order valence-electron chi connectivity index (χ4n) is 4.78. The van der Waals surface area contributed by atoms with Crippen LogP contribution >= 0.6 is 0 Å². The van der Waals surface area contributed by atoms with Crippen LogP contribution in [0.15, 0.2) is 60.9 Å². The number of anilines is 5. The number of aromatic nitrogens is 4. The Morgan fingerprint density at radius 2 is 1.97 bits per heavy atom. The van der Waals surface area contributed by atoms with E-state index in [1.54, 1.807) is 42.7 Å². The molecule has 2 aliphatic rings. The number of morpholine rings is 1. The number of ketones is 1. The summed E-state index contributed by atoms with van der Waals surface area (Å²) in [5, 5.41) is 18.3. The van der Waals surface area contributed by atoms with E-state index in [2.05, 4.69) is 32.3 Å². The molecule has 0 radical (unpaired) electrons. The second-order valence-electron chi connectivity index (χ2n) is 9.04. The van der Waals surface area contributed by atoms with E-state index in [4.69, 9.17) is 15.1 Å². The van der Waals surface area contributed by atoms with Crippen molar-refractivity contribution in [3.8, 4) is 11.1 Å². The Bertz CT molecular complexity index is 1530. The largest absolute Gasteiger partial charge is 0.377 e. The van der Waals surface area contributed by atoms with Gasteiger partial charge in [-0.05, 0) is 48.4 Å². The molecule has 2 aliphatic heterocycles. The topological polar surface area (TPSA) is 140 Å². The van der Waals surface area contributed by atoms with Crippen LogP contribution in [0.25, 0.3) is 11.1 Å². The van der Waals surface area contributed by atoms with Crippen molar-refractivity contribution in [2.75, 3.05) is 34.9 Å². The molecule has 0 spiro atoms. The van der Waals surface area contributed by atoms with Crippen LogP contribution in [0.2, 0.25) is 0 Å². The Hall–Kier alpha value is -4.90. The number of ether oxygens (including phenoxy) is 1. The molecule has 0 bridgehead atoms. The number of carbonyl (C=O) groups excluding carboxylic acids is 2. The number of carbonyl (C=O) groups is 2. The van der Waals surface area contributed by atoms with Gasteiger partial charge < -0.3 is 20.4 Å². The van der Waals surface area contributed by atoms with Crippen molar-refractivity contribution in [1.29, 1.82) is 5.41 Å². The van der Waals surface area contributed by atoms with Crippen molar-refractivity contribution < 1.29 is 14.3 Å². The molecule has 190 valence electrons. The minimum atomic E-state index is -0.634. The third-order valence-electron chi connectivity index (χ3n) is 6.68. The van der Waals surface area contributed by atoms with Gasteiger partial charge in [-0.3, -0.25) is 19.6 Å². The first-order chi connectivity index (χ1) is 18.5. The smallest absolute Gasteiger partial charge is 0.305 e. The van der Waals surface area contributed by atoms with Gasteiger partial charge in [0.15, 0.2) is 5.82 Å². The lowest BCUT2D eigenvalue weighted by atomic mass is 10.00. The summed E-state index contributed by atoms with van der Waals surface area (Å²) in [4.78, 5) is 37.8. The van der Waals surface area contributed by atoms with Gasteiger partial charge in [0.25, 0.3) is 5.78 Å². The van der Waals surface area contributed by atoms with E-state index in [0.29, 0.717) is 54.0 Å². The Labute approximate surface area is 218 Å². The van der Waals surface area contributed by atoms with Crippen LogP contribution < -0.4 is 15.1 Å². The lowest BCUT2D eigenvalue weighted by molar-refractivity contribution is -0.113. The normalized spacial score (nSPS) is 17.0. The van der Waals surface area contributed by atoms with Gasteiger partial charge in [0.1, 0.15) is 17.5 Å². The molecular formula is C27H24N8O3. The highest BCUT2D eigenvalue weighted by atomic mass is 16.5. The van der Waals surface area contributed by atoms with Crippen molar-refractivity contribution in [1.82, 2.24) is 20.2 Å². The lowest BCUT2D eigenvalue weighted by Crippen LogP contribution is -2.44. The highest BCUT2D eigenvalue weighted by molar-refractivity contribution is 6.53. The second-order valence-corrected chi connectivity index (χ2v) is 9.04. The van der Waals surface area contributed by atoms with Gasteiger partial charge >= 0.3 is 5.91 Å². The fraction of sp³-hybridized carbons (Fsp3) is 0.185. The number of hydrogen-bond donors (Lipinski definition) is 3. The van der Waals surface area contributed by atoms with Gasteiger partial charge in [-0.25, -0.2) is 9.97 Å². The number of amides is 1. The summed E-state index contributed by atoms with van der Waals surface area (Å²) in [6.45, 7) is 3.97. The predicted molar refractivity (Wildman–Crippen MR) is 143 cm³/mol. The van der Waals surface area contributed by atoms with E-state index in [-0.39, 0.29) is 6.04 Å². The molecule has 1 fully saturated rings. The van der Waals surface area contributed by atoms with Crippen LogP contribution in [0.4, 0.5) is 29.0 Å². The van der Waals surface area contributed by atoms with E-state index in [0.717, 1.165) is 16.9 Å². The van der Waals surface area contributed by atoms with E-state index < -0.39 is 11.7 Å². The second kappa shape index (κ2) is 9.52. The van der Waals surface area contributed by atoms with Crippen LogP contribution in [0.3, 0.4) is 0 Å². The van der Waals surface area contributed by atoms with Gasteiger partial charge in [0, 0.05) is 30.6 Å². The number of fused-ring (bicyclic) bond motifs is 1. The summed E-state index contributed by atoms with van der Waals surface area (Å²) in [5.74, 6) is 1.04.